The number of quaternary nitrogens is 1. The second kappa shape index (κ2) is 8.07. The van der Waals surface area contributed by atoms with Crippen molar-refractivity contribution in [3.05, 3.63) is 12.4 Å². The number of unbranched alkanes of at least 4 members (excludes halogenated alkanes) is 4. The molecule has 0 aromatic carbocycles. The second-order valence-corrected chi connectivity index (χ2v) is 5.08. The zero-order chi connectivity index (χ0) is 14.1. The Hall–Kier alpha value is -1.20. The van der Waals surface area contributed by atoms with Crippen molar-refractivity contribution in [1.82, 2.24) is 0 Å². The summed E-state index contributed by atoms with van der Waals surface area (Å²) in [6.45, 7) is 3.13. The van der Waals surface area contributed by atoms with Gasteiger partial charge in [-0.05, 0) is 6.42 Å². The van der Waals surface area contributed by atoms with E-state index in [1.54, 1.807) is 6.20 Å². The number of amidine groups is 1. The molecule has 0 fully saturated rings. The van der Waals surface area contributed by atoms with Crippen LogP contribution in [0.1, 0.15) is 45.4 Å². The van der Waals surface area contributed by atoms with Gasteiger partial charge in [0.05, 0.1) is 12.2 Å². The standard InChI is InChI=1S/C14H25N3O2/c1-2-3-4-5-6-7-13-16-9-11-17(13,10-8-15)12-14(18)19/h9,11H,2-8,10,12,15H2,1H3. The predicted molar refractivity (Wildman–Crippen MR) is 74.0 cm³/mol. The SMILES string of the molecule is CCCCCCCC1=NC=C[N+]1(CCN)CC(=O)[O-]. The number of carbonyl (C=O) groups is 1. The molecule has 0 aromatic heterocycles. The molecule has 0 bridgehead atoms. The van der Waals surface area contributed by atoms with E-state index in [4.69, 9.17) is 5.73 Å². The molecule has 5 heteroatoms. The quantitative estimate of drug-likeness (QED) is 0.469. The minimum atomic E-state index is -1.06. The fourth-order valence-electron chi connectivity index (χ4n) is 2.51. The summed E-state index contributed by atoms with van der Waals surface area (Å²) in [4.78, 5) is 15.3. The summed E-state index contributed by atoms with van der Waals surface area (Å²) in [6, 6.07) is 0. The van der Waals surface area contributed by atoms with Crippen LogP contribution < -0.4 is 10.8 Å². The zero-order valence-corrected chi connectivity index (χ0v) is 11.8. The topological polar surface area (TPSA) is 78.5 Å². The maximum absolute atomic E-state index is 10.9. The smallest absolute Gasteiger partial charge is 0.207 e. The summed E-state index contributed by atoms with van der Waals surface area (Å²) < 4.78 is 0.243. The average molecular weight is 267 g/mol. The number of rotatable bonds is 10. The Morgan fingerprint density at radius 1 is 1.37 bits per heavy atom. The van der Waals surface area contributed by atoms with Crippen molar-refractivity contribution >= 4 is 11.8 Å². The third kappa shape index (κ3) is 4.76. The molecule has 0 spiro atoms. The van der Waals surface area contributed by atoms with Crippen molar-refractivity contribution in [3.8, 4) is 0 Å². The molecule has 1 rings (SSSR count). The van der Waals surface area contributed by atoms with Crippen LogP contribution in [0.15, 0.2) is 17.4 Å². The first kappa shape index (κ1) is 15.9. The van der Waals surface area contributed by atoms with Crippen LogP contribution in [-0.4, -0.2) is 35.9 Å². The molecule has 5 nitrogen and oxygen atoms in total. The first-order valence-corrected chi connectivity index (χ1v) is 7.16. The lowest BCUT2D eigenvalue weighted by Crippen LogP contribution is -2.55. The molecule has 19 heavy (non-hydrogen) atoms. The van der Waals surface area contributed by atoms with E-state index in [-0.39, 0.29) is 11.0 Å². The minimum absolute atomic E-state index is 0.0680. The van der Waals surface area contributed by atoms with Crippen LogP contribution in [-0.2, 0) is 4.79 Å². The van der Waals surface area contributed by atoms with Crippen molar-refractivity contribution in [2.75, 3.05) is 19.6 Å². The Morgan fingerprint density at radius 2 is 2.11 bits per heavy atom. The first-order chi connectivity index (χ1) is 9.14. The number of carboxylic acids is 1. The molecule has 1 heterocycles. The number of aliphatic imine (C=N–C) groups is 1. The Bertz CT molecular complexity index is 353. The Labute approximate surface area is 115 Å². The normalized spacial score (nSPS) is 21.7. The van der Waals surface area contributed by atoms with Gasteiger partial charge in [-0.1, -0.05) is 32.6 Å². The third-order valence-electron chi connectivity index (χ3n) is 3.53. The highest BCUT2D eigenvalue weighted by Gasteiger charge is 2.34. The predicted octanol–water partition coefficient (Wildman–Crippen LogP) is 0.756. The Morgan fingerprint density at radius 3 is 2.74 bits per heavy atom. The summed E-state index contributed by atoms with van der Waals surface area (Å²) in [5.41, 5.74) is 5.61. The molecule has 0 radical (unpaired) electrons. The van der Waals surface area contributed by atoms with E-state index in [9.17, 15) is 9.90 Å². The van der Waals surface area contributed by atoms with E-state index in [1.165, 1.54) is 25.7 Å². The van der Waals surface area contributed by atoms with Gasteiger partial charge in [0.15, 0.2) is 0 Å². The largest absolute Gasteiger partial charge is 0.544 e. The van der Waals surface area contributed by atoms with Crippen molar-refractivity contribution in [3.63, 3.8) is 0 Å². The van der Waals surface area contributed by atoms with Gasteiger partial charge in [0.2, 0.25) is 5.84 Å². The van der Waals surface area contributed by atoms with Gasteiger partial charge >= 0.3 is 0 Å². The molecule has 0 aliphatic carbocycles. The Kier molecular flexibility index (Phi) is 6.73. The summed E-state index contributed by atoms with van der Waals surface area (Å²) >= 11 is 0. The van der Waals surface area contributed by atoms with E-state index in [0.717, 1.165) is 18.7 Å². The molecule has 0 aromatic rings. The highest BCUT2D eigenvalue weighted by Crippen LogP contribution is 2.20. The van der Waals surface area contributed by atoms with Gasteiger partial charge in [0, 0.05) is 13.0 Å². The fraction of sp³-hybridized carbons (Fsp3) is 0.714. The van der Waals surface area contributed by atoms with E-state index in [1.807, 2.05) is 6.20 Å². The highest BCUT2D eigenvalue weighted by atomic mass is 16.4. The fourth-order valence-corrected chi connectivity index (χ4v) is 2.51. The molecule has 0 saturated carbocycles. The van der Waals surface area contributed by atoms with Gasteiger partial charge in [0.1, 0.15) is 19.3 Å². The van der Waals surface area contributed by atoms with Crippen LogP contribution in [0.4, 0.5) is 0 Å². The number of hydrogen-bond donors (Lipinski definition) is 1. The van der Waals surface area contributed by atoms with E-state index in [0.29, 0.717) is 13.1 Å². The van der Waals surface area contributed by atoms with Crippen molar-refractivity contribution in [2.24, 2.45) is 10.7 Å². The number of carboxylic acid groups (broad SMARTS) is 1. The number of nitrogens with two attached hydrogens (primary N) is 1. The van der Waals surface area contributed by atoms with Gasteiger partial charge < -0.3 is 15.6 Å². The van der Waals surface area contributed by atoms with Crippen LogP contribution in [0.25, 0.3) is 0 Å². The van der Waals surface area contributed by atoms with Crippen LogP contribution in [0.5, 0.6) is 0 Å². The van der Waals surface area contributed by atoms with Gasteiger partial charge in [-0.3, -0.25) is 0 Å². The third-order valence-corrected chi connectivity index (χ3v) is 3.53. The molecule has 1 aliphatic heterocycles. The number of aliphatic carboxylic acids is 1. The van der Waals surface area contributed by atoms with Crippen LogP contribution in [0, 0.1) is 0 Å². The lowest BCUT2D eigenvalue weighted by atomic mass is 10.1. The maximum atomic E-state index is 10.9. The lowest BCUT2D eigenvalue weighted by molar-refractivity contribution is -0.780. The molecular formula is C14H25N3O2. The summed E-state index contributed by atoms with van der Waals surface area (Å²) in [6.07, 6.45) is 10.3. The maximum Gasteiger partial charge on any atom is 0.207 e. The average Bonchev–Trinajstić information content (AvgIpc) is 2.71. The Balaban J connectivity index is 2.52. The summed E-state index contributed by atoms with van der Waals surface area (Å²) in [5.74, 6) is -0.148. The molecule has 1 unspecified atom stereocenters. The van der Waals surface area contributed by atoms with Gasteiger partial charge in [-0.2, -0.15) is 0 Å². The molecule has 2 N–H and O–H groups in total. The monoisotopic (exact) mass is 267 g/mol. The van der Waals surface area contributed by atoms with Crippen molar-refractivity contribution < 1.29 is 14.4 Å². The van der Waals surface area contributed by atoms with Crippen LogP contribution in [0.3, 0.4) is 0 Å². The summed E-state index contributed by atoms with van der Waals surface area (Å²) in [7, 11) is 0. The zero-order valence-electron chi connectivity index (χ0n) is 11.8. The minimum Gasteiger partial charge on any atom is -0.544 e. The van der Waals surface area contributed by atoms with Crippen molar-refractivity contribution in [1.29, 1.82) is 0 Å². The number of hydrogen-bond acceptors (Lipinski definition) is 4. The van der Waals surface area contributed by atoms with Gasteiger partial charge in [-0.15, -0.1) is 0 Å². The van der Waals surface area contributed by atoms with E-state index >= 15 is 0 Å². The molecule has 0 amide bonds. The number of carbonyl (C=O) groups excluding carboxylic acids is 1. The second-order valence-electron chi connectivity index (χ2n) is 5.08. The van der Waals surface area contributed by atoms with E-state index < -0.39 is 5.97 Å². The molecule has 0 saturated heterocycles. The van der Waals surface area contributed by atoms with Crippen molar-refractivity contribution in [2.45, 2.75) is 45.4 Å². The summed E-state index contributed by atoms with van der Waals surface area (Å²) in [5, 5.41) is 10.9. The highest BCUT2D eigenvalue weighted by molar-refractivity contribution is 5.80. The number of nitrogens with zero attached hydrogens (tertiary/aromatic N) is 2. The van der Waals surface area contributed by atoms with Gasteiger partial charge in [-0.25, -0.2) is 9.48 Å². The molecule has 1 atom stereocenters. The molecule has 1 aliphatic rings. The van der Waals surface area contributed by atoms with Gasteiger partial charge in [0.25, 0.3) is 0 Å². The van der Waals surface area contributed by atoms with Crippen LogP contribution >= 0.6 is 0 Å². The lowest BCUT2D eigenvalue weighted by Gasteiger charge is -2.32. The first-order valence-electron chi connectivity index (χ1n) is 7.16. The van der Waals surface area contributed by atoms with E-state index in [2.05, 4.69) is 11.9 Å². The molecule has 108 valence electrons. The van der Waals surface area contributed by atoms with Crippen LogP contribution in [0.2, 0.25) is 0 Å². The molecular weight excluding hydrogens is 242 g/mol.